The molecule has 0 atom stereocenters. The summed E-state index contributed by atoms with van der Waals surface area (Å²) in [4.78, 5) is -0.0912. The van der Waals surface area contributed by atoms with Gasteiger partial charge in [0.05, 0.1) is 3.57 Å². The van der Waals surface area contributed by atoms with Gasteiger partial charge in [0.25, 0.3) is 10.1 Å². The van der Waals surface area contributed by atoms with E-state index in [1.807, 2.05) is 29.5 Å². The third-order valence-electron chi connectivity index (χ3n) is 1.84. The van der Waals surface area contributed by atoms with Crippen LogP contribution in [0.3, 0.4) is 0 Å². The molecule has 0 unspecified atom stereocenters. The number of hydrogen-bond donors (Lipinski definition) is 1. The summed E-state index contributed by atoms with van der Waals surface area (Å²) in [7, 11) is -4.17. The van der Waals surface area contributed by atoms with E-state index in [2.05, 4.69) is 11.8 Å². The minimum Gasteiger partial charge on any atom is -0.282 e. The fourth-order valence-electron chi connectivity index (χ4n) is 1.13. The van der Waals surface area contributed by atoms with Crippen LogP contribution in [0.15, 0.2) is 17.0 Å². The molecule has 0 bridgehead atoms. The maximum absolute atomic E-state index is 11.0. The molecule has 0 aliphatic carbocycles. The van der Waals surface area contributed by atoms with Gasteiger partial charge in [-0.25, -0.2) is 0 Å². The number of hydrogen-bond acceptors (Lipinski definition) is 2. The van der Waals surface area contributed by atoms with Gasteiger partial charge in [-0.2, -0.15) is 8.42 Å². The van der Waals surface area contributed by atoms with Crippen LogP contribution in [0.2, 0.25) is 0 Å². The van der Waals surface area contributed by atoms with Gasteiger partial charge in [-0.3, -0.25) is 4.55 Å². The van der Waals surface area contributed by atoms with Crippen LogP contribution in [-0.4, -0.2) is 13.0 Å². The SMILES string of the molecule is CC#Cc1c(C)ccc(S(=O)(=O)O)c1I. The summed E-state index contributed by atoms with van der Waals surface area (Å²) in [6.07, 6.45) is 0. The molecule has 1 aromatic rings. The molecule has 0 saturated carbocycles. The first-order chi connectivity index (χ1) is 6.88. The minimum atomic E-state index is -4.17. The van der Waals surface area contributed by atoms with E-state index < -0.39 is 10.1 Å². The second-order valence-electron chi connectivity index (χ2n) is 2.92. The first-order valence-electron chi connectivity index (χ1n) is 4.07. The molecule has 0 saturated heterocycles. The first kappa shape index (κ1) is 12.5. The van der Waals surface area contributed by atoms with Crippen LogP contribution in [0, 0.1) is 22.3 Å². The van der Waals surface area contributed by atoms with Crippen molar-refractivity contribution in [2.75, 3.05) is 0 Å². The van der Waals surface area contributed by atoms with Crippen LogP contribution >= 0.6 is 22.6 Å². The Balaban J connectivity index is 3.61. The zero-order chi connectivity index (χ0) is 11.6. The van der Waals surface area contributed by atoms with Crippen molar-refractivity contribution in [3.63, 3.8) is 0 Å². The zero-order valence-electron chi connectivity index (χ0n) is 8.20. The van der Waals surface area contributed by atoms with E-state index in [1.54, 1.807) is 13.0 Å². The fourth-order valence-corrected chi connectivity index (χ4v) is 3.27. The third-order valence-corrected chi connectivity index (χ3v) is 4.23. The highest BCUT2D eigenvalue weighted by Gasteiger charge is 2.17. The normalized spacial score (nSPS) is 10.7. The summed E-state index contributed by atoms with van der Waals surface area (Å²) >= 11 is 1.87. The van der Waals surface area contributed by atoms with Gasteiger partial charge in [0.15, 0.2) is 0 Å². The Bertz CT molecular complexity index is 550. The Morgan fingerprint density at radius 1 is 1.40 bits per heavy atom. The van der Waals surface area contributed by atoms with Crippen LogP contribution in [-0.2, 0) is 10.1 Å². The van der Waals surface area contributed by atoms with Crippen molar-refractivity contribution in [1.82, 2.24) is 0 Å². The molecule has 0 spiro atoms. The average Bonchev–Trinajstić information content (AvgIpc) is 2.09. The number of halogens is 1. The Morgan fingerprint density at radius 3 is 2.47 bits per heavy atom. The van der Waals surface area contributed by atoms with E-state index in [0.29, 0.717) is 9.13 Å². The van der Waals surface area contributed by atoms with E-state index in [9.17, 15) is 8.42 Å². The Morgan fingerprint density at radius 2 is 2.00 bits per heavy atom. The molecule has 1 N–H and O–H groups in total. The molecule has 0 fully saturated rings. The predicted octanol–water partition coefficient (Wildman–Crippen LogP) is 2.22. The molecule has 1 aromatic carbocycles. The molecule has 0 aromatic heterocycles. The molecule has 5 heteroatoms. The Hall–Kier alpha value is -0.580. The predicted molar refractivity (Wildman–Crippen MR) is 66.3 cm³/mol. The molecular weight excluding hydrogens is 327 g/mol. The van der Waals surface area contributed by atoms with Crippen LogP contribution in [0.1, 0.15) is 18.1 Å². The summed E-state index contributed by atoms with van der Waals surface area (Å²) in [6.45, 7) is 3.52. The minimum absolute atomic E-state index is 0.0912. The summed E-state index contributed by atoms with van der Waals surface area (Å²) in [6, 6.07) is 3.01. The lowest BCUT2D eigenvalue weighted by atomic mass is 10.1. The first-order valence-corrected chi connectivity index (χ1v) is 6.59. The van der Waals surface area contributed by atoms with E-state index in [-0.39, 0.29) is 4.90 Å². The number of rotatable bonds is 1. The van der Waals surface area contributed by atoms with Crippen molar-refractivity contribution >= 4 is 32.7 Å². The molecular formula is C10H9IO3S. The zero-order valence-corrected chi connectivity index (χ0v) is 11.2. The lowest BCUT2D eigenvalue weighted by Crippen LogP contribution is -2.03. The van der Waals surface area contributed by atoms with E-state index >= 15 is 0 Å². The second-order valence-corrected chi connectivity index (χ2v) is 5.39. The van der Waals surface area contributed by atoms with Crippen molar-refractivity contribution in [3.05, 3.63) is 26.8 Å². The number of aryl methyl sites for hydroxylation is 1. The van der Waals surface area contributed by atoms with E-state index in [4.69, 9.17) is 4.55 Å². The lowest BCUT2D eigenvalue weighted by Gasteiger charge is -2.06. The molecule has 0 heterocycles. The Kier molecular flexibility index (Phi) is 3.76. The fraction of sp³-hybridized carbons (Fsp3) is 0.200. The highest BCUT2D eigenvalue weighted by Crippen LogP contribution is 2.23. The molecule has 1 rings (SSSR count). The summed E-state index contributed by atoms with van der Waals surface area (Å²) in [5, 5.41) is 0. The van der Waals surface area contributed by atoms with Gasteiger partial charge >= 0.3 is 0 Å². The van der Waals surface area contributed by atoms with Crippen LogP contribution < -0.4 is 0 Å². The standard InChI is InChI=1S/C10H9IO3S/c1-3-4-8-7(2)5-6-9(10(8)11)15(12,13)14/h5-6H,1-2H3,(H,12,13,14). The van der Waals surface area contributed by atoms with E-state index in [0.717, 1.165) is 5.56 Å². The molecule has 3 nitrogen and oxygen atoms in total. The molecule has 0 aliphatic heterocycles. The third kappa shape index (κ3) is 2.71. The Labute approximate surface area is 103 Å². The van der Waals surface area contributed by atoms with Gasteiger partial charge in [0, 0.05) is 5.56 Å². The molecule has 0 radical (unpaired) electrons. The highest BCUT2D eigenvalue weighted by atomic mass is 127. The lowest BCUT2D eigenvalue weighted by molar-refractivity contribution is 0.482. The van der Waals surface area contributed by atoms with Gasteiger partial charge < -0.3 is 0 Å². The quantitative estimate of drug-likeness (QED) is 0.486. The average molecular weight is 336 g/mol. The van der Waals surface area contributed by atoms with Gasteiger partial charge in [-0.05, 0) is 48.1 Å². The van der Waals surface area contributed by atoms with Crippen molar-refractivity contribution in [3.8, 4) is 11.8 Å². The van der Waals surface area contributed by atoms with Crippen molar-refractivity contribution in [1.29, 1.82) is 0 Å². The summed E-state index contributed by atoms with van der Waals surface area (Å²) < 4.78 is 31.5. The number of benzene rings is 1. The van der Waals surface area contributed by atoms with Crippen molar-refractivity contribution < 1.29 is 13.0 Å². The molecule has 0 amide bonds. The van der Waals surface area contributed by atoms with Crippen LogP contribution in [0.5, 0.6) is 0 Å². The van der Waals surface area contributed by atoms with Crippen LogP contribution in [0.25, 0.3) is 0 Å². The van der Waals surface area contributed by atoms with Crippen LogP contribution in [0.4, 0.5) is 0 Å². The van der Waals surface area contributed by atoms with Gasteiger partial charge in [-0.15, -0.1) is 5.92 Å². The van der Waals surface area contributed by atoms with E-state index in [1.165, 1.54) is 6.07 Å². The summed E-state index contributed by atoms with van der Waals surface area (Å²) in [5.74, 6) is 5.54. The van der Waals surface area contributed by atoms with Gasteiger partial charge in [0.1, 0.15) is 4.90 Å². The van der Waals surface area contributed by atoms with Gasteiger partial charge in [-0.1, -0.05) is 12.0 Å². The maximum Gasteiger partial charge on any atom is 0.295 e. The highest BCUT2D eigenvalue weighted by molar-refractivity contribution is 14.1. The molecule has 80 valence electrons. The second kappa shape index (κ2) is 4.51. The smallest absolute Gasteiger partial charge is 0.282 e. The largest absolute Gasteiger partial charge is 0.295 e. The summed E-state index contributed by atoms with van der Waals surface area (Å²) in [5.41, 5.74) is 1.54. The van der Waals surface area contributed by atoms with Gasteiger partial charge in [0.2, 0.25) is 0 Å². The molecule has 15 heavy (non-hydrogen) atoms. The van der Waals surface area contributed by atoms with Crippen molar-refractivity contribution in [2.24, 2.45) is 0 Å². The maximum atomic E-state index is 11.0. The topological polar surface area (TPSA) is 54.4 Å². The molecule has 0 aliphatic rings. The monoisotopic (exact) mass is 336 g/mol. The van der Waals surface area contributed by atoms with Crippen molar-refractivity contribution in [2.45, 2.75) is 18.7 Å².